The van der Waals surface area contributed by atoms with Gasteiger partial charge in [0.2, 0.25) is 10.0 Å². The molecular weight excluding hydrogens is 293 g/mol. The maximum atomic E-state index is 12.1. The molecule has 0 heterocycles. The molecule has 0 aliphatic rings. The van der Waals surface area contributed by atoms with Crippen molar-refractivity contribution >= 4 is 10.0 Å². The van der Waals surface area contributed by atoms with Crippen molar-refractivity contribution in [2.75, 3.05) is 13.6 Å². The average molecular weight is 310 g/mol. The molecule has 4 nitrogen and oxygen atoms in total. The van der Waals surface area contributed by atoms with Crippen LogP contribution in [0.25, 0.3) is 0 Å². The molecule has 0 aliphatic carbocycles. The number of nitrogens with one attached hydrogen (secondary N) is 2. The van der Waals surface area contributed by atoms with Crippen molar-refractivity contribution in [3.05, 3.63) is 29.8 Å². The third kappa shape index (κ3) is 4.77. The number of halogens is 3. The van der Waals surface area contributed by atoms with Crippen LogP contribution in [-0.2, 0) is 10.0 Å². The Morgan fingerprint density at radius 3 is 2.45 bits per heavy atom. The molecule has 20 heavy (non-hydrogen) atoms. The Labute approximate surface area is 116 Å². The number of hydrogen-bond donors (Lipinski definition) is 2. The molecular formula is C12H17F3N2O2S. The molecule has 8 heteroatoms. The van der Waals surface area contributed by atoms with Crippen molar-refractivity contribution in [3.63, 3.8) is 0 Å². The SMILES string of the molecule is CCC(NC)c1cccc(S(=O)(=O)NCC(F)(F)F)c1. The predicted molar refractivity (Wildman–Crippen MR) is 69.8 cm³/mol. The number of hydrogen-bond acceptors (Lipinski definition) is 3. The van der Waals surface area contributed by atoms with Gasteiger partial charge in [-0.15, -0.1) is 0 Å². The summed E-state index contributed by atoms with van der Waals surface area (Å²) >= 11 is 0. The number of sulfonamides is 1. The van der Waals surface area contributed by atoms with Gasteiger partial charge in [0.1, 0.15) is 6.54 Å². The van der Waals surface area contributed by atoms with Gasteiger partial charge >= 0.3 is 6.18 Å². The zero-order valence-corrected chi connectivity index (χ0v) is 12.0. The molecule has 0 aromatic heterocycles. The fourth-order valence-corrected chi connectivity index (χ4v) is 2.83. The lowest BCUT2D eigenvalue weighted by Crippen LogP contribution is -2.33. The van der Waals surface area contributed by atoms with E-state index in [0.29, 0.717) is 5.56 Å². The monoisotopic (exact) mass is 310 g/mol. The maximum Gasteiger partial charge on any atom is 0.402 e. The van der Waals surface area contributed by atoms with E-state index in [1.807, 2.05) is 6.92 Å². The number of alkyl halides is 3. The molecule has 1 aromatic carbocycles. The minimum atomic E-state index is -4.58. The third-order valence-electron chi connectivity index (χ3n) is 2.79. The molecule has 0 saturated carbocycles. The van der Waals surface area contributed by atoms with Crippen molar-refractivity contribution in [1.82, 2.24) is 10.0 Å². The lowest BCUT2D eigenvalue weighted by molar-refractivity contribution is -0.121. The quantitative estimate of drug-likeness (QED) is 0.847. The van der Waals surface area contributed by atoms with E-state index in [-0.39, 0.29) is 10.9 Å². The van der Waals surface area contributed by atoms with Crippen molar-refractivity contribution in [1.29, 1.82) is 0 Å². The Bertz CT molecular complexity index is 540. The fraction of sp³-hybridized carbons (Fsp3) is 0.500. The van der Waals surface area contributed by atoms with Gasteiger partial charge in [0, 0.05) is 6.04 Å². The molecule has 0 spiro atoms. The van der Waals surface area contributed by atoms with Gasteiger partial charge in [-0.3, -0.25) is 0 Å². The van der Waals surface area contributed by atoms with Crippen LogP contribution < -0.4 is 10.0 Å². The zero-order valence-electron chi connectivity index (χ0n) is 11.2. The van der Waals surface area contributed by atoms with Gasteiger partial charge < -0.3 is 5.32 Å². The molecule has 0 saturated heterocycles. The summed E-state index contributed by atoms with van der Waals surface area (Å²) in [7, 11) is -2.43. The van der Waals surface area contributed by atoms with E-state index >= 15 is 0 Å². The molecule has 1 aromatic rings. The smallest absolute Gasteiger partial charge is 0.313 e. The van der Waals surface area contributed by atoms with E-state index in [4.69, 9.17) is 0 Å². The van der Waals surface area contributed by atoms with Crippen LogP contribution in [0.3, 0.4) is 0 Å². The summed E-state index contributed by atoms with van der Waals surface area (Å²) in [5.41, 5.74) is 0.713. The highest BCUT2D eigenvalue weighted by molar-refractivity contribution is 7.89. The first-order valence-corrected chi connectivity index (χ1v) is 7.51. The topological polar surface area (TPSA) is 58.2 Å². The number of benzene rings is 1. The lowest BCUT2D eigenvalue weighted by Gasteiger charge is -2.16. The van der Waals surface area contributed by atoms with Gasteiger partial charge in [0.05, 0.1) is 4.90 Å². The van der Waals surface area contributed by atoms with Crippen LogP contribution in [0.5, 0.6) is 0 Å². The summed E-state index contributed by atoms with van der Waals surface area (Å²) in [6.07, 6.45) is -3.85. The Morgan fingerprint density at radius 1 is 1.30 bits per heavy atom. The lowest BCUT2D eigenvalue weighted by atomic mass is 10.1. The molecule has 0 fully saturated rings. The predicted octanol–water partition coefficient (Wildman–Crippen LogP) is 2.20. The third-order valence-corrected chi connectivity index (χ3v) is 4.19. The van der Waals surface area contributed by atoms with Crippen LogP contribution in [0.2, 0.25) is 0 Å². The van der Waals surface area contributed by atoms with E-state index in [0.717, 1.165) is 6.42 Å². The fourth-order valence-electron chi connectivity index (χ4n) is 1.77. The summed E-state index contributed by atoms with van der Waals surface area (Å²) in [5, 5.41) is 3.01. The van der Waals surface area contributed by atoms with Crippen molar-refractivity contribution in [2.45, 2.75) is 30.5 Å². The average Bonchev–Trinajstić information content (AvgIpc) is 2.38. The first-order valence-electron chi connectivity index (χ1n) is 6.03. The summed E-state index contributed by atoms with van der Waals surface area (Å²) in [4.78, 5) is -0.173. The first kappa shape index (κ1) is 16.9. The second-order valence-corrected chi connectivity index (χ2v) is 6.03. The Balaban J connectivity index is 2.99. The van der Waals surface area contributed by atoms with Gasteiger partial charge in [-0.05, 0) is 31.2 Å². The van der Waals surface area contributed by atoms with Crippen LogP contribution in [0.15, 0.2) is 29.2 Å². The van der Waals surface area contributed by atoms with Crippen LogP contribution in [0.4, 0.5) is 13.2 Å². The van der Waals surface area contributed by atoms with Crippen LogP contribution in [0, 0.1) is 0 Å². The van der Waals surface area contributed by atoms with E-state index in [1.165, 1.54) is 18.2 Å². The normalized spacial score (nSPS) is 14.2. The van der Waals surface area contributed by atoms with Gasteiger partial charge in [-0.2, -0.15) is 13.2 Å². The van der Waals surface area contributed by atoms with E-state index < -0.39 is 22.7 Å². The Hall–Kier alpha value is -1.12. The molecule has 0 amide bonds. The number of rotatable bonds is 6. The Morgan fingerprint density at radius 2 is 1.95 bits per heavy atom. The highest BCUT2D eigenvalue weighted by Gasteiger charge is 2.30. The molecule has 0 radical (unpaired) electrons. The van der Waals surface area contributed by atoms with E-state index in [2.05, 4.69) is 5.32 Å². The molecule has 114 valence electrons. The highest BCUT2D eigenvalue weighted by atomic mass is 32.2. The van der Waals surface area contributed by atoms with Gasteiger partial charge in [-0.25, -0.2) is 13.1 Å². The van der Waals surface area contributed by atoms with E-state index in [1.54, 1.807) is 17.8 Å². The highest BCUT2D eigenvalue weighted by Crippen LogP contribution is 2.20. The van der Waals surface area contributed by atoms with Gasteiger partial charge in [0.25, 0.3) is 0 Å². The van der Waals surface area contributed by atoms with Crippen LogP contribution in [0.1, 0.15) is 24.9 Å². The van der Waals surface area contributed by atoms with Crippen LogP contribution in [-0.4, -0.2) is 28.2 Å². The summed E-state index contributed by atoms with van der Waals surface area (Å²) < 4.78 is 61.4. The van der Waals surface area contributed by atoms with Crippen molar-refractivity contribution < 1.29 is 21.6 Å². The van der Waals surface area contributed by atoms with E-state index in [9.17, 15) is 21.6 Å². The zero-order chi connectivity index (χ0) is 15.4. The summed E-state index contributed by atoms with van der Waals surface area (Å²) in [5.74, 6) is 0. The largest absolute Gasteiger partial charge is 0.402 e. The molecule has 1 unspecified atom stereocenters. The van der Waals surface area contributed by atoms with Gasteiger partial charge in [-0.1, -0.05) is 19.1 Å². The van der Waals surface area contributed by atoms with Gasteiger partial charge in [0.15, 0.2) is 0 Å². The standard InChI is InChI=1S/C12H17F3N2O2S/c1-3-11(16-2)9-5-4-6-10(7-9)20(18,19)17-8-12(13,14)15/h4-7,11,16-17H,3,8H2,1-2H3. The minimum Gasteiger partial charge on any atom is -0.313 e. The molecule has 0 aliphatic heterocycles. The molecule has 0 bridgehead atoms. The molecule has 2 N–H and O–H groups in total. The first-order chi connectivity index (χ1) is 9.19. The summed E-state index contributed by atoms with van der Waals surface area (Å²) in [6.45, 7) is 0.340. The Kier molecular flexibility index (Phi) is 5.55. The molecule has 1 rings (SSSR count). The van der Waals surface area contributed by atoms with Crippen molar-refractivity contribution in [3.8, 4) is 0 Å². The van der Waals surface area contributed by atoms with Crippen LogP contribution >= 0.6 is 0 Å². The second-order valence-electron chi connectivity index (χ2n) is 4.26. The second kappa shape index (κ2) is 6.55. The molecule has 1 atom stereocenters. The maximum absolute atomic E-state index is 12.1. The summed E-state index contributed by atoms with van der Waals surface area (Å²) in [6, 6.07) is 5.84. The van der Waals surface area contributed by atoms with Crippen molar-refractivity contribution in [2.24, 2.45) is 0 Å². The minimum absolute atomic E-state index is 0.0484.